The van der Waals surface area contributed by atoms with Gasteiger partial charge in [-0.05, 0) is 0 Å². The highest BCUT2D eigenvalue weighted by Gasteiger charge is 2.23. The summed E-state index contributed by atoms with van der Waals surface area (Å²) in [5.74, 6) is -2.98. The van der Waals surface area contributed by atoms with Crippen LogP contribution in [0, 0.1) is 0 Å². The molecule has 20 heavy (non-hydrogen) atoms. The first kappa shape index (κ1) is 18.1. The van der Waals surface area contributed by atoms with E-state index in [1.165, 1.54) is 14.2 Å². The molecule has 0 saturated carbocycles. The van der Waals surface area contributed by atoms with E-state index >= 15 is 0 Å². The lowest BCUT2D eigenvalue weighted by Crippen LogP contribution is -2.30. The van der Waals surface area contributed by atoms with Gasteiger partial charge in [-0.15, -0.1) is 0 Å². The van der Waals surface area contributed by atoms with E-state index < -0.39 is 24.0 Å². The number of carboxylic acids is 1. The van der Waals surface area contributed by atoms with Crippen LogP contribution < -0.4 is 0 Å². The lowest BCUT2D eigenvalue weighted by Gasteiger charge is -2.15. The Morgan fingerprint density at radius 1 is 1.05 bits per heavy atom. The highest BCUT2D eigenvalue weighted by molar-refractivity contribution is 5.92. The number of rotatable bonds is 10. The molecule has 114 valence electrons. The van der Waals surface area contributed by atoms with E-state index in [2.05, 4.69) is 0 Å². The molecule has 0 aromatic heterocycles. The third kappa shape index (κ3) is 9.06. The lowest BCUT2D eigenvalue weighted by atomic mass is 10.2. The van der Waals surface area contributed by atoms with Crippen LogP contribution in [0.4, 0.5) is 0 Å². The number of esters is 2. The predicted octanol–water partition coefficient (Wildman–Crippen LogP) is -0.235. The normalized spacial score (nSPS) is 12.1. The number of methoxy groups -OCH3 is 2. The highest BCUT2D eigenvalue weighted by atomic mass is 16.6. The third-order valence-electron chi connectivity index (χ3n) is 2.00. The van der Waals surface area contributed by atoms with Crippen molar-refractivity contribution in [3.63, 3.8) is 0 Å². The molecule has 0 aliphatic heterocycles. The number of carboxylic acid groups (broad SMARTS) is 1. The van der Waals surface area contributed by atoms with Crippen LogP contribution in [0.25, 0.3) is 0 Å². The zero-order chi connectivity index (χ0) is 15.4. The Kier molecular flexibility index (Phi) is 9.89. The summed E-state index contributed by atoms with van der Waals surface area (Å²) in [6.07, 6.45) is 0.281. The molecule has 0 fully saturated rings. The molecule has 0 heterocycles. The van der Waals surface area contributed by atoms with Crippen molar-refractivity contribution in [2.75, 3.05) is 34.0 Å². The first-order valence-electron chi connectivity index (χ1n) is 5.77. The fourth-order valence-corrected chi connectivity index (χ4v) is 1.09. The quantitative estimate of drug-likeness (QED) is 0.334. The van der Waals surface area contributed by atoms with E-state index in [0.29, 0.717) is 12.2 Å². The first-order chi connectivity index (χ1) is 9.51. The summed E-state index contributed by atoms with van der Waals surface area (Å²) in [5, 5.41) is 8.37. The minimum atomic E-state index is -1.29. The zero-order valence-corrected chi connectivity index (χ0v) is 11.4. The second kappa shape index (κ2) is 10.9. The molecule has 0 saturated heterocycles. The zero-order valence-electron chi connectivity index (χ0n) is 11.4. The minimum Gasteiger partial charge on any atom is -0.478 e. The first-order valence-corrected chi connectivity index (χ1v) is 5.77. The Bertz CT molecular complexity index is 349. The minimum absolute atomic E-state index is 0.0291. The maximum atomic E-state index is 11.6. The Morgan fingerprint density at radius 2 is 1.70 bits per heavy atom. The van der Waals surface area contributed by atoms with Gasteiger partial charge in [0, 0.05) is 32.8 Å². The molecule has 8 nitrogen and oxygen atoms in total. The van der Waals surface area contributed by atoms with E-state index in [1.807, 2.05) is 0 Å². The van der Waals surface area contributed by atoms with Crippen molar-refractivity contribution < 1.29 is 38.4 Å². The smallest absolute Gasteiger partial charge is 0.347 e. The van der Waals surface area contributed by atoms with Crippen molar-refractivity contribution in [3.05, 3.63) is 12.2 Å². The maximum absolute atomic E-state index is 11.6. The molecule has 0 aromatic rings. The van der Waals surface area contributed by atoms with Crippen molar-refractivity contribution in [1.29, 1.82) is 0 Å². The topological polar surface area (TPSA) is 108 Å². The van der Waals surface area contributed by atoms with Gasteiger partial charge < -0.3 is 24.1 Å². The van der Waals surface area contributed by atoms with Gasteiger partial charge in [0.05, 0.1) is 13.2 Å². The SMILES string of the molecule is COCCOC(=O)C(CCOC)OC(=O)/C=C/C(=O)O. The Morgan fingerprint density at radius 3 is 2.25 bits per heavy atom. The largest absolute Gasteiger partial charge is 0.478 e. The van der Waals surface area contributed by atoms with Gasteiger partial charge in [0.15, 0.2) is 0 Å². The molecule has 0 radical (unpaired) electrons. The van der Waals surface area contributed by atoms with Crippen LogP contribution in [0.1, 0.15) is 6.42 Å². The van der Waals surface area contributed by atoms with Crippen LogP contribution in [0.15, 0.2) is 12.2 Å². The monoisotopic (exact) mass is 290 g/mol. The average Bonchev–Trinajstić information content (AvgIpc) is 2.41. The van der Waals surface area contributed by atoms with Gasteiger partial charge in [-0.3, -0.25) is 0 Å². The Hall–Kier alpha value is -1.93. The fourth-order valence-electron chi connectivity index (χ4n) is 1.09. The summed E-state index contributed by atoms with van der Waals surface area (Å²) in [7, 11) is 2.88. The average molecular weight is 290 g/mol. The summed E-state index contributed by atoms with van der Waals surface area (Å²) >= 11 is 0. The van der Waals surface area contributed by atoms with E-state index in [9.17, 15) is 14.4 Å². The molecule has 1 atom stereocenters. The molecule has 1 N–H and O–H groups in total. The predicted molar refractivity (Wildman–Crippen MR) is 66.0 cm³/mol. The molecule has 0 spiro atoms. The van der Waals surface area contributed by atoms with Gasteiger partial charge in [-0.25, -0.2) is 14.4 Å². The molecule has 0 aliphatic carbocycles. The molecule has 0 aromatic carbocycles. The Labute approximate surface area is 116 Å². The number of carbonyl (C=O) groups excluding carboxylic acids is 2. The summed E-state index contributed by atoms with van der Waals surface area (Å²) in [6.45, 7) is 0.427. The number of hydrogen-bond acceptors (Lipinski definition) is 7. The van der Waals surface area contributed by atoms with Gasteiger partial charge in [-0.2, -0.15) is 0 Å². The maximum Gasteiger partial charge on any atom is 0.347 e. The van der Waals surface area contributed by atoms with Crippen molar-refractivity contribution in [3.8, 4) is 0 Å². The molecule has 1 unspecified atom stereocenters. The fraction of sp³-hybridized carbons (Fsp3) is 0.583. The van der Waals surface area contributed by atoms with Gasteiger partial charge in [-0.1, -0.05) is 0 Å². The summed E-state index contributed by atoms with van der Waals surface area (Å²) in [4.78, 5) is 33.2. The van der Waals surface area contributed by atoms with Crippen LogP contribution in [0.5, 0.6) is 0 Å². The molecule has 0 bridgehead atoms. The molecule has 0 aliphatic rings. The molecular formula is C12H18O8. The van der Waals surface area contributed by atoms with Crippen molar-refractivity contribution in [2.24, 2.45) is 0 Å². The van der Waals surface area contributed by atoms with Crippen LogP contribution in [0.3, 0.4) is 0 Å². The van der Waals surface area contributed by atoms with Gasteiger partial charge in [0.2, 0.25) is 6.10 Å². The lowest BCUT2D eigenvalue weighted by molar-refractivity contribution is -0.167. The summed E-state index contributed by atoms with van der Waals surface area (Å²) < 4.78 is 19.1. The van der Waals surface area contributed by atoms with E-state index in [4.69, 9.17) is 24.1 Å². The van der Waals surface area contributed by atoms with Crippen molar-refractivity contribution in [2.45, 2.75) is 12.5 Å². The molecule has 8 heteroatoms. The second-order valence-electron chi connectivity index (χ2n) is 3.54. The number of ether oxygens (including phenoxy) is 4. The van der Waals surface area contributed by atoms with E-state index in [0.717, 1.165) is 0 Å². The van der Waals surface area contributed by atoms with Crippen molar-refractivity contribution in [1.82, 2.24) is 0 Å². The van der Waals surface area contributed by atoms with Crippen LogP contribution >= 0.6 is 0 Å². The molecule has 0 rings (SSSR count). The van der Waals surface area contributed by atoms with Gasteiger partial charge in [0.25, 0.3) is 0 Å². The van der Waals surface area contributed by atoms with Crippen LogP contribution in [0.2, 0.25) is 0 Å². The third-order valence-corrected chi connectivity index (χ3v) is 2.00. The number of hydrogen-bond donors (Lipinski definition) is 1. The van der Waals surface area contributed by atoms with Crippen LogP contribution in [-0.4, -0.2) is 63.2 Å². The summed E-state index contributed by atoms with van der Waals surface area (Å²) in [5.41, 5.74) is 0. The van der Waals surface area contributed by atoms with Gasteiger partial charge in [0.1, 0.15) is 6.61 Å². The second-order valence-corrected chi connectivity index (χ2v) is 3.54. The number of carbonyl (C=O) groups is 3. The van der Waals surface area contributed by atoms with Crippen molar-refractivity contribution >= 4 is 17.9 Å². The molecular weight excluding hydrogens is 272 g/mol. The molecule has 0 amide bonds. The highest BCUT2D eigenvalue weighted by Crippen LogP contribution is 2.04. The van der Waals surface area contributed by atoms with Gasteiger partial charge >= 0.3 is 17.9 Å². The van der Waals surface area contributed by atoms with E-state index in [-0.39, 0.29) is 26.2 Å². The summed E-state index contributed by atoms with van der Waals surface area (Å²) in [6, 6.07) is 0. The van der Waals surface area contributed by atoms with E-state index in [1.54, 1.807) is 0 Å². The Balaban J connectivity index is 4.42. The number of aliphatic carboxylic acids is 1. The van der Waals surface area contributed by atoms with Crippen LogP contribution in [-0.2, 0) is 33.3 Å². The standard InChI is InChI=1S/C12H18O8/c1-17-6-5-9(12(16)19-8-7-18-2)20-11(15)4-3-10(13)14/h3-4,9H,5-8H2,1-2H3,(H,13,14)/b4-3+.